The number of carboxylic acids is 5. The number of imide groups is 1. The second-order valence-electron chi connectivity index (χ2n) is 25.9. The molecule has 648 valence electrons. The number of rotatable bonds is 60. The molecular weight excluding hydrogens is 1560 g/mol. The van der Waals surface area contributed by atoms with Crippen LogP contribution in [0.15, 0.2) is 0 Å². The summed E-state index contributed by atoms with van der Waals surface area (Å²) >= 11 is 0.446. The van der Waals surface area contributed by atoms with Gasteiger partial charge >= 0.3 is 29.8 Å². The van der Waals surface area contributed by atoms with Crippen LogP contribution in [-0.4, -0.2) is 393 Å². The summed E-state index contributed by atoms with van der Waals surface area (Å²) in [5.74, 6) is -23.8. The van der Waals surface area contributed by atoms with Crippen molar-refractivity contribution in [3.63, 3.8) is 0 Å². The molecule has 114 heavy (non-hydrogen) atoms. The van der Waals surface area contributed by atoms with Crippen LogP contribution in [0.4, 0.5) is 0 Å². The van der Waals surface area contributed by atoms with Gasteiger partial charge in [-0.3, -0.25) is 72.0 Å². The Kier molecular flexibility index (Phi) is 47.6. The number of aliphatic hydroxyl groups excluding tert-OH is 15. The number of thioether (sulfide) groups is 1. The molecule has 0 aromatic rings. The van der Waals surface area contributed by atoms with Gasteiger partial charge in [-0.2, -0.15) is 0 Å². The minimum absolute atomic E-state index is 0.238. The average Bonchev–Trinajstić information content (AvgIpc) is 1.69. The molecule has 1 unspecified atom stereocenters. The van der Waals surface area contributed by atoms with Crippen LogP contribution in [0.5, 0.6) is 0 Å². The van der Waals surface area contributed by atoms with E-state index in [-0.39, 0.29) is 12.8 Å². The highest BCUT2D eigenvalue weighted by Gasteiger charge is 2.42. The smallest absolute Gasteiger partial charge is 0.327 e. The Bertz CT molecular complexity index is 3260. The molecule has 0 aliphatic carbocycles. The number of nitrogens with zero attached hydrogens (tertiary/aromatic N) is 1. The van der Waals surface area contributed by atoms with Gasteiger partial charge in [0.25, 0.3) is 0 Å². The summed E-state index contributed by atoms with van der Waals surface area (Å²) in [6.45, 7) is -6.57. The summed E-state index contributed by atoms with van der Waals surface area (Å²) in [6, 6.07) is -15.8. The maximum absolute atomic E-state index is 14.5. The summed E-state index contributed by atoms with van der Waals surface area (Å²) in [5.41, 5.74) is 5.97. The molecule has 32 N–H and O–H groups in total. The van der Waals surface area contributed by atoms with E-state index in [0.717, 1.165) is 0 Å². The van der Waals surface area contributed by atoms with Crippen molar-refractivity contribution in [2.75, 3.05) is 51.8 Å². The molecule has 0 aromatic carbocycles. The molecule has 0 saturated carbocycles. The fraction of sp³-hybridized carbons (Fsp3) is 0.714. The van der Waals surface area contributed by atoms with Gasteiger partial charge in [-0.1, -0.05) is 0 Å². The molecule has 1 rings (SSSR count). The summed E-state index contributed by atoms with van der Waals surface area (Å²) in [4.78, 5) is 233. The molecule has 0 aromatic heterocycles. The van der Waals surface area contributed by atoms with Gasteiger partial charge in [-0.25, -0.2) is 14.4 Å². The highest BCUT2D eigenvalue weighted by Crippen LogP contribution is 2.26. The van der Waals surface area contributed by atoms with E-state index in [0.29, 0.717) is 22.9 Å². The third-order valence-electron chi connectivity index (χ3n) is 17.0. The molecular formula is C63H102N12O38S. The fourth-order valence-corrected chi connectivity index (χ4v) is 11.3. The van der Waals surface area contributed by atoms with E-state index in [9.17, 15) is 173 Å². The SMILES string of the molecule is N[C@@H](CCC(=O)NC[C@H](O)[C@@H](O)[C@H](O)[C@H](O)CO)C(=O)N[C@H](CCC(=O)O)C(=O)N[C@@H](CCC(=O)NC[C@H](O)[C@@H](O)[C@H](O)[C@H](O)CO)C(=O)N[C@H](CCC(=O)O)C(=O)N[C@@H](CCC(=O)NC[C@H](O)[C@@H](O)[C@H](O)[C@H](O)CO)C(=O)N[C@H](CSC1CC(=O)N(CCC(=O)N[C@@H](CCC(=O)N[C@@H](CCC=O)C(=O)O)C(=O)O)C1=O)C(=O)O. The first-order chi connectivity index (χ1) is 53.3. The van der Waals surface area contributed by atoms with Crippen LogP contribution in [0, 0.1) is 0 Å². The van der Waals surface area contributed by atoms with Gasteiger partial charge in [0.05, 0.1) is 49.4 Å². The maximum atomic E-state index is 14.5. The van der Waals surface area contributed by atoms with Crippen LogP contribution in [0.1, 0.15) is 103 Å². The summed E-state index contributed by atoms with van der Waals surface area (Å²) in [7, 11) is 0. The van der Waals surface area contributed by atoms with Gasteiger partial charge in [-0.15, -0.1) is 11.8 Å². The highest BCUT2D eigenvalue weighted by molar-refractivity contribution is 8.00. The summed E-state index contributed by atoms with van der Waals surface area (Å²) in [6.07, 6.45) is -36.6. The Hall–Kier alpha value is -9.43. The van der Waals surface area contributed by atoms with Crippen molar-refractivity contribution in [1.29, 1.82) is 0 Å². The number of aldehydes is 1. The predicted molar refractivity (Wildman–Crippen MR) is 375 cm³/mol. The molecule has 1 heterocycles. The van der Waals surface area contributed by atoms with Crippen molar-refractivity contribution in [2.45, 2.75) is 230 Å². The molecule has 0 radical (unpaired) electrons. The normalized spacial score (nSPS) is 18.1. The standard InChI is InChI=1S/C63H102N12O38S/c64-26(3-9-41(86)65-19-34(80)49(96)52(99)37(83)22-77)55(102)70-29(7-13-47(92)93)57(104)71-27(4-10-42(87)66-20-35(81)50(97)53(100)38(84)23-78)56(103)73-30(8-14-48(94)95)58(105)72-28(5-11-43(88)67-21-36(82)51(98)54(101)39(85)24-79)59(106)74-33(63(112)113)25-114-40-18-46(91)75(60(40)107)16-15-45(90)69-32(62(110)111)6-12-44(89)68-31(61(108)109)2-1-17-76/h17,26-40,49-54,77-85,96-101H,1-16,18-25,64H2,(H,65,86)(H,66,87)(H,67,88)(H,68,89)(H,69,90)(H,70,102)(H,71,104)(H,72,105)(H,73,103)(H,74,106)(H,92,93)(H,94,95)(H,108,109)(H,110,111)(H,112,113)/t26-,27-,28-,29+,30+,31-,32-,33+,34-,35-,36-,37+,38+,39+,40?,49+,50+,51+,52+,53+,54+/m0/s1. The average molecular weight is 1670 g/mol. The summed E-state index contributed by atoms with van der Waals surface area (Å²) in [5, 5.41) is 216. The van der Waals surface area contributed by atoms with Crippen molar-refractivity contribution in [1.82, 2.24) is 58.1 Å². The Morgan fingerprint density at radius 1 is 0.386 bits per heavy atom. The molecule has 50 nitrogen and oxygen atoms in total. The molecule has 1 aliphatic rings. The molecule has 1 aliphatic heterocycles. The van der Waals surface area contributed by atoms with Crippen LogP contribution >= 0.6 is 11.8 Å². The Labute approximate surface area is 650 Å². The number of carbonyl (C=O) groups is 18. The number of carbonyl (C=O) groups excluding carboxylic acids is 13. The van der Waals surface area contributed by atoms with Crippen LogP contribution < -0.4 is 58.9 Å². The topological polar surface area (TPSA) is 861 Å². The van der Waals surface area contributed by atoms with Crippen LogP contribution in [0.2, 0.25) is 0 Å². The molecule has 1 saturated heterocycles. The lowest BCUT2D eigenvalue weighted by Gasteiger charge is -2.27. The van der Waals surface area contributed by atoms with Crippen molar-refractivity contribution in [2.24, 2.45) is 5.73 Å². The molecule has 0 spiro atoms. The molecule has 12 amide bonds. The lowest BCUT2D eigenvalue weighted by atomic mass is 10.0. The van der Waals surface area contributed by atoms with E-state index in [2.05, 4.69) is 47.9 Å². The van der Waals surface area contributed by atoms with Gasteiger partial charge < -0.3 is 166 Å². The molecule has 1 fully saturated rings. The number of aliphatic carboxylic acids is 5. The van der Waals surface area contributed by atoms with Gasteiger partial charge in [0.1, 0.15) is 104 Å². The van der Waals surface area contributed by atoms with Gasteiger partial charge in [-0.05, 0) is 44.9 Å². The first kappa shape index (κ1) is 103. The van der Waals surface area contributed by atoms with Crippen molar-refractivity contribution >= 4 is 119 Å². The summed E-state index contributed by atoms with van der Waals surface area (Å²) < 4.78 is 0. The molecule has 21 atom stereocenters. The Morgan fingerprint density at radius 3 is 1.03 bits per heavy atom. The van der Waals surface area contributed by atoms with E-state index >= 15 is 0 Å². The van der Waals surface area contributed by atoms with Crippen molar-refractivity contribution in [3.8, 4) is 0 Å². The number of hydrogen-bond donors (Lipinski definition) is 31. The predicted octanol–water partition coefficient (Wildman–Crippen LogP) is -16.3. The zero-order chi connectivity index (χ0) is 87.0. The van der Waals surface area contributed by atoms with Crippen molar-refractivity contribution in [3.05, 3.63) is 0 Å². The first-order valence-corrected chi connectivity index (χ1v) is 36.1. The Morgan fingerprint density at radius 2 is 0.684 bits per heavy atom. The number of nitrogens with one attached hydrogen (secondary N) is 10. The van der Waals surface area contributed by atoms with Crippen LogP contribution in [0.3, 0.4) is 0 Å². The van der Waals surface area contributed by atoms with E-state index in [1.54, 1.807) is 0 Å². The largest absolute Gasteiger partial charge is 0.481 e. The number of amides is 12. The zero-order valence-corrected chi connectivity index (χ0v) is 61.7. The maximum Gasteiger partial charge on any atom is 0.327 e. The lowest BCUT2D eigenvalue weighted by Crippen LogP contribution is -2.59. The van der Waals surface area contributed by atoms with Crippen molar-refractivity contribution < 1.29 is 188 Å². The number of nitrogens with two attached hydrogens (primary N) is 1. The van der Waals surface area contributed by atoms with E-state index in [4.69, 9.17) is 21.1 Å². The lowest BCUT2D eigenvalue weighted by molar-refractivity contribution is -0.144. The minimum Gasteiger partial charge on any atom is -0.481 e. The molecule has 0 bridgehead atoms. The van der Waals surface area contributed by atoms with Gasteiger partial charge in [0.15, 0.2) is 0 Å². The third-order valence-corrected chi connectivity index (χ3v) is 18.3. The number of likely N-dealkylation sites (tertiary alicyclic amines) is 1. The number of hydrogen-bond acceptors (Lipinski definition) is 35. The van der Waals surface area contributed by atoms with E-state index in [1.165, 1.54) is 0 Å². The van der Waals surface area contributed by atoms with Crippen LogP contribution in [0.25, 0.3) is 0 Å². The van der Waals surface area contributed by atoms with E-state index in [1.807, 2.05) is 5.32 Å². The molecule has 51 heteroatoms. The number of aliphatic hydroxyl groups is 15. The first-order valence-electron chi connectivity index (χ1n) is 35.0. The highest BCUT2D eigenvalue weighted by atomic mass is 32.2. The second-order valence-corrected chi connectivity index (χ2v) is 27.1. The van der Waals surface area contributed by atoms with Crippen LogP contribution in [-0.2, 0) is 86.3 Å². The monoisotopic (exact) mass is 1670 g/mol. The third kappa shape index (κ3) is 37.7. The zero-order valence-electron chi connectivity index (χ0n) is 60.9. The fourth-order valence-electron chi connectivity index (χ4n) is 10.1. The Balaban J connectivity index is 3.76. The quantitative estimate of drug-likeness (QED) is 0.0199. The second kappa shape index (κ2) is 52.9. The van der Waals surface area contributed by atoms with Gasteiger partial charge in [0.2, 0.25) is 70.9 Å². The minimum atomic E-state index is -2.23. The van der Waals surface area contributed by atoms with Gasteiger partial charge in [0, 0.05) is 89.7 Å². The number of carboxylic acid groups (broad SMARTS) is 5. The van der Waals surface area contributed by atoms with E-state index < -0.39 is 369 Å².